The Bertz CT molecular complexity index is 715. The maximum absolute atomic E-state index is 12.2. The van der Waals surface area contributed by atoms with Gasteiger partial charge in [0.1, 0.15) is 0 Å². The van der Waals surface area contributed by atoms with Crippen molar-refractivity contribution in [3.05, 3.63) is 54.6 Å². The van der Waals surface area contributed by atoms with Crippen LogP contribution in [0.3, 0.4) is 0 Å². The van der Waals surface area contributed by atoms with Crippen molar-refractivity contribution in [2.45, 2.75) is 18.9 Å². The fourth-order valence-corrected chi connectivity index (χ4v) is 2.60. The molecule has 2 aromatic rings. The summed E-state index contributed by atoms with van der Waals surface area (Å²) in [4.78, 5) is 12.2. The lowest BCUT2D eigenvalue weighted by atomic mass is 9.99. The van der Waals surface area contributed by atoms with Gasteiger partial charge < -0.3 is 10.4 Å². The fraction of sp³-hybridized carbons (Fsp3) is 0.263. The zero-order valence-corrected chi connectivity index (χ0v) is 12.6. The Kier molecular flexibility index (Phi) is 4.40. The molecule has 0 saturated heterocycles. The maximum Gasteiger partial charge on any atom is 0.244 e. The Morgan fingerprint density at radius 2 is 1.70 bits per heavy atom. The van der Waals surface area contributed by atoms with Gasteiger partial charge in [0.05, 0.1) is 12.2 Å². The van der Waals surface area contributed by atoms with Crippen molar-refractivity contribution < 1.29 is 9.90 Å². The number of anilines is 1. The van der Waals surface area contributed by atoms with Crippen LogP contribution >= 0.6 is 0 Å². The molecule has 4 nitrogen and oxygen atoms in total. The molecule has 0 aliphatic heterocycles. The molecule has 0 radical (unpaired) electrons. The number of nitriles is 1. The molecule has 2 aromatic carbocycles. The molecule has 1 aliphatic rings. The molecular formula is C19H18N2O2. The number of hydrogen-bond donors (Lipinski definition) is 2. The number of carbonyl (C=O) groups excluding carboxylic acids is 1. The predicted octanol–water partition coefficient (Wildman–Crippen LogP) is 3.20. The Hall–Kier alpha value is -2.64. The second kappa shape index (κ2) is 6.64. The summed E-state index contributed by atoms with van der Waals surface area (Å²) in [6.07, 6.45) is 0.903. The van der Waals surface area contributed by atoms with E-state index in [2.05, 4.69) is 5.32 Å². The second-order valence-electron chi connectivity index (χ2n) is 5.87. The number of nitrogens with zero attached hydrogens (tertiary/aromatic N) is 1. The van der Waals surface area contributed by atoms with Gasteiger partial charge in [-0.15, -0.1) is 0 Å². The third-order valence-electron chi connectivity index (χ3n) is 4.13. The van der Waals surface area contributed by atoms with E-state index in [0.29, 0.717) is 5.69 Å². The van der Waals surface area contributed by atoms with Gasteiger partial charge in [-0.1, -0.05) is 42.5 Å². The number of carbonyl (C=O) groups is 1. The molecule has 0 heterocycles. The highest BCUT2D eigenvalue weighted by Crippen LogP contribution is 2.36. The molecular weight excluding hydrogens is 288 g/mol. The Morgan fingerprint density at radius 3 is 2.26 bits per heavy atom. The van der Waals surface area contributed by atoms with Crippen molar-refractivity contribution in [2.75, 3.05) is 5.32 Å². The number of aliphatic hydroxyl groups excluding tert-OH is 1. The largest absolute Gasteiger partial charge is 0.391 e. The minimum atomic E-state index is -1.02. The van der Waals surface area contributed by atoms with E-state index in [1.54, 1.807) is 12.1 Å². The molecule has 1 aliphatic carbocycles. The number of benzene rings is 2. The Balaban J connectivity index is 1.68. The van der Waals surface area contributed by atoms with Crippen LogP contribution < -0.4 is 5.32 Å². The standard InChI is InChI=1S/C19H18N2O2/c20-12-17(18(22)15-6-7-15)19(23)21-16-10-8-14(9-11-16)13-4-2-1-3-5-13/h1-5,8-11,15,17-18,22H,6-7H2,(H,21,23). The molecule has 1 amide bonds. The Labute approximate surface area is 135 Å². The van der Waals surface area contributed by atoms with Crippen LogP contribution in [0.15, 0.2) is 54.6 Å². The van der Waals surface area contributed by atoms with Crippen LogP contribution in [0, 0.1) is 23.2 Å². The first-order chi connectivity index (χ1) is 11.2. The lowest BCUT2D eigenvalue weighted by Crippen LogP contribution is -2.33. The first-order valence-electron chi connectivity index (χ1n) is 7.73. The van der Waals surface area contributed by atoms with Crippen molar-refractivity contribution >= 4 is 11.6 Å². The van der Waals surface area contributed by atoms with Gasteiger partial charge in [0.2, 0.25) is 5.91 Å². The topological polar surface area (TPSA) is 73.1 Å². The van der Waals surface area contributed by atoms with Crippen molar-refractivity contribution in [1.82, 2.24) is 0 Å². The molecule has 2 atom stereocenters. The number of rotatable bonds is 5. The summed E-state index contributed by atoms with van der Waals surface area (Å²) in [7, 11) is 0. The number of nitrogens with one attached hydrogen (secondary N) is 1. The lowest BCUT2D eigenvalue weighted by Gasteiger charge is -2.16. The van der Waals surface area contributed by atoms with Gasteiger partial charge in [0.15, 0.2) is 5.92 Å². The molecule has 1 fully saturated rings. The van der Waals surface area contributed by atoms with E-state index in [-0.39, 0.29) is 5.92 Å². The highest BCUT2D eigenvalue weighted by molar-refractivity contribution is 5.94. The van der Waals surface area contributed by atoms with E-state index in [1.807, 2.05) is 48.5 Å². The summed E-state index contributed by atoms with van der Waals surface area (Å²) < 4.78 is 0. The highest BCUT2D eigenvalue weighted by Gasteiger charge is 2.38. The van der Waals surface area contributed by atoms with E-state index in [1.165, 1.54) is 0 Å². The molecule has 2 N–H and O–H groups in total. The van der Waals surface area contributed by atoms with Crippen molar-refractivity contribution in [3.8, 4) is 17.2 Å². The fourth-order valence-electron chi connectivity index (χ4n) is 2.60. The normalized spacial score (nSPS) is 16.2. The van der Waals surface area contributed by atoms with E-state index in [4.69, 9.17) is 5.26 Å². The van der Waals surface area contributed by atoms with E-state index in [9.17, 15) is 9.90 Å². The van der Waals surface area contributed by atoms with E-state index < -0.39 is 17.9 Å². The molecule has 116 valence electrons. The van der Waals surface area contributed by atoms with Crippen molar-refractivity contribution in [2.24, 2.45) is 11.8 Å². The third kappa shape index (κ3) is 3.58. The number of hydrogen-bond acceptors (Lipinski definition) is 3. The van der Waals surface area contributed by atoms with Gasteiger partial charge >= 0.3 is 0 Å². The molecule has 3 rings (SSSR count). The summed E-state index contributed by atoms with van der Waals surface area (Å²) >= 11 is 0. The van der Waals surface area contributed by atoms with Gasteiger partial charge in [-0.2, -0.15) is 5.26 Å². The van der Waals surface area contributed by atoms with Crippen LogP contribution in [0.2, 0.25) is 0 Å². The second-order valence-corrected chi connectivity index (χ2v) is 5.87. The monoisotopic (exact) mass is 306 g/mol. The van der Waals surface area contributed by atoms with Gasteiger partial charge in [-0.25, -0.2) is 0 Å². The average molecular weight is 306 g/mol. The summed E-state index contributed by atoms with van der Waals surface area (Å²) in [6.45, 7) is 0. The molecule has 0 spiro atoms. The average Bonchev–Trinajstić information content (AvgIpc) is 3.42. The number of amides is 1. The van der Waals surface area contributed by atoms with Gasteiger partial charge in [-0.3, -0.25) is 4.79 Å². The van der Waals surface area contributed by atoms with Gasteiger partial charge in [0, 0.05) is 5.69 Å². The quantitative estimate of drug-likeness (QED) is 0.891. The molecule has 2 unspecified atom stereocenters. The number of aliphatic hydroxyl groups is 1. The van der Waals surface area contributed by atoms with E-state index >= 15 is 0 Å². The van der Waals surface area contributed by atoms with Crippen LogP contribution in [0.25, 0.3) is 11.1 Å². The third-order valence-corrected chi connectivity index (χ3v) is 4.13. The van der Waals surface area contributed by atoms with Crippen LogP contribution in [-0.4, -0.2) is 17.1 Å². The first kappa shape index (κ1) is 15.3. The van der Waals surface area contributed by atoms with Crippen LogP contribution in [0.1, 0.15) is 12.8 Å². The minimum absolute atomic E-state index is 0.0888. The smallest absolute Gasteiger partial charge is 0.244 e. The lowest BCUT2D eigenvalue weighted by molar-refractivity contribution is -0.121. The van der Waals surface area contributed by atoms with Crippen molar-refractivity contribution in [1.29, 1.82) is 5.26 Å². The molecule has 23 heavy (non-hydrogen) atoms. The zero-order chi connectivity index (χ0) is 16.2. The van der Waals surface area contributed by atoms with Crippen molar-refractivity contribution in [3.63, 3.8) is 0 Å². The van der Waals surface area contributed by atoms with Gasteiger partial charge in [0.25, 0.3) is 0 Å². The maximum atomic E-state index is 12.2. The zero-order valence-electron chi connectivity index (χ0n) is 12.6. The van der Waals surface area contributed by atoms with Crippen LogP contribution in [-0.2, 0) is 4.79 Å². The molecule has 4 heteroatoms. The summed E-state index contributed by atoms with van der Waals surface area (Å²) in [5, 5.41) is 21.9. The summed E-state index contributed by atoms with van der Waals surface area (Å²) in [5.41, 5.74) is 2.78. The van der Waals surface area contributed by atoms with Crippen LogP contribution in [0.5, 0.6) is 0 Å². The highest BCUT2D eigenvalue weighted by atomic mass is 16.3. The Morgan fingerprint density at radius 1 is 1.09 bits per heavy atom. The molecule has 0 bridgehead atoms. The van der Waals surface area contributed by atoms with Gasteiger partial charge in [-0.05, 0) is 42.0 Å². The molecule has 0 aromatic heterocycles. The minimum Gasteiger partial charge on any atom is -0.391 e. The van der Waals surface area contributed by atoms with Crippen LogP contribution in [0.4, 0.5) is 5.69 Å². The predicted molar refractivity (Wildman–Crippen MR) is 88.3 cm³/mol. The summed E-state index contributed by atoms with van der Waals surface area (Å²) in [5.74, 6) is -1.37. The SMILES string of the molecule is N#CC(C(=O)Nc1ccc(-c2ccccc2)cc1)C(O)C1CC1. The van der Waals surface area contributed by atoms with E-state index in [0.717, 1.165) is 24.0 Å². The molecule has 1 saturated carbocycles. The first-order valence-corrected chi connectivity index (χ1v) is 7.73. The summed E-state index contributed by atoms with van der Waals surface area (Å²) in [6, 6.07) is 19.3.